The number of phenols is 6. The molecule has 0 bridgehead atoms. The summed E-state index contributed by atoms with van der Waals surface area (Å²) in [6.07, 6.45) is 0.315. The van der Waals surface area contributed by atoms with Crippen molar-refractivity contribution in [3.8, 4) is 34.5 Å². The third-order valence-electron chi connectivity index (χ3n) is 4.06. The number of aromatic hydroxyl groups is 6. The first kappa shape index (κ1) is 19.9. The fourth-order valence-corrected chi connectivity index (χ4v) is 2.61. The van der Waals surface area contributed by atoms with Crippen LogP contribution in [0.5, 0.6) is 34.5 Å². The van der Waals surface area contributed by atoms with Gasteiger partial charge in [-0.05, 0) is 30.7 Å². The first-order valence-corrected chi connectivity index (χ1v) is 8.22. The highest BCUT2D eigenvalue weighted by Crippen LogP contribution is 2.38. The first-order valence-electron chi connectivity index (χ1n) is 8.22. The monoisotopic (exact) mass is 408 g/mol. The smallest absolute Gasteiger partial charge is 0.376 e. The maximum absolute atomic E-state index is 12.4. The standard InChI is InChI=1S/C18H16O11/c19-10-4-8(5-11(20)14(10)23)16(25)28-18(2-1-3-27-18)29-17(26)9-6-12(21)15(24)13(22)7-9/h4-7,19-24H,1-3H2. The maximum Gasteiger partial charge on any atom is 0.376 e. The van der Waals surface area contributed by atoms with Gasteiger partial charge in [0, 0.05) is 0 Å². The third-order valence-corrected chi connectivity index (χ3v) is 4.06. The minimum atomic E-state index is -2.14. The Morgan fingerprint density at radius 2 is 1.14 bits per heavy atom. The van der Waals surface area contributed by atoms with Crippen molar-refractivity contribution < 1.29 is 54.4 Å². The van der Waals surface area contributed by atoms with Gasteiger partial charge in [-0.2, -0.15) is 0 Å². The van der Waals surface area contributed by atoms with Crippen molar-refractivity contribution >= 4 is 11.9 Å². The highest BCUT2D eigenvalue weighted by atomic mass is 16.9. The van der Waals surface area contributed by atoms with Gasteiger partial charge in [0.2, 0.25) is 0 Å². The summed E-state index contributed by atoms with van der Waals surface area (Å²) in [5.41, 5.74) is -0.715. The molecule has 0 amide bonds. The molecule has 11 heteroatoms. The summed E-state index contributed by atoms with van der Waals surface area (Å²) in [6.45, 7) is 0.0821. The topological polar surface area (TPSA) is 183 Å². The van der Waals surface area contributed by atoms with Crippen LogP contribution in [0.25, 0.3) is 0 Å². The predicted molar refractivity (Wildman–Crippen MR) is 91.6 cm³/mol. The average Bonchev–Trinajstić information content (AvgIpc) is 3.11. The number of rotatable bonds is 4. The molecule has 11 nitrogen and oxygen atoms in total. The highest BCUT2D eigenvalue weighted by molar-refractivity contribution is 5.93. The van der Waals surface area contributed by atoms with Crippen LogP contribution in [-0.2, 0) is 14.2 Å². The summed E-state index contributed by atoms with van der Waals surface area (Å²) >= 11 is 0. The highest BCUT2D eigenvalue weighted by Gasteiger charge is 2.44. The van der Waals surface area contributed by atoms with Crippen molar-refractivity contribution in [2.75, 3.05) is 6.61 Å². The van der Waals surface area contributed by atoms with E-state index in [1.165, 1.54) is 0 Å². The predicted octanol–water partition coefficient (Wildman–Crippen LogP) is 1.40. The minimum Gasteiger partial charge on any atom is -0.504 e. The van der Waals surface area contributed by atoms with Crippen LogP contribution in [0.2, 0.25) is 0 Å². The Bertz CT molecular complexity index is 856. The number of carbonyl (C=O) groups excluding carboxylic acids is 2. The van der Waals surface area contributed by atoms with Gasteiger partial charge in [0.05, 0.1) is 24.2 Å². The van der Waals surface area contributed by atoms with Gasteiger partial charge in [-0.3, -0.25) is 0 Å². The van der Waals surface area contributed by atoms with Crippen molar-refractivity contribution in [2.45, 2.75) is 18.8 Å². The van der Waals surface area contributed by atoms with Gasteiger partial charge in [-0.15, -0.1) is 0 Å². The van der Waals surface area contributed by atoms with Crippen molar-refractivity contribution in [3.05, 3.63) is 35.4 Å². The molecule has 0 aromatic heterocycles. The summed E-state index contributed by atoms with van der Waals surface area (Å²) in [6, 6.07) is 3.33. The third kappa shape index (κ3) is 3.89. The zero-order valence-corrected chi connectivity index (χ0v) is 14.7. The molecule has 29 heavy (non-hydrogen) atoms. The zero-order chi connectivity index (χ0) is 21.3. The van der Waals surface area contributed by atoms with Gasteiger partial charge in [0.25, 0.3) is 0 Å². The molecule has 2 aromatic rings. The van der Waals surface area contributed by atoms with Gasteiger partial charge in [0.1, 0.15) is 0 Å². The molecule has 6 N–H and O–H groups in total. The molecule has 1 aliphatic heterocycles. The van der Waals surface area contributed by atoms with Crippen molar-refractivity contribution in [1.82, 2.24) is 0 Å². The number of phenolic OH excluding ortho intramolecular Hbond substituents is 6. The van der Waals surface area contributed by atoms with Crippen LogP contribution in [0.1, 0.15) is 33.6 Å². The summed E-state index contributed by atoms with van der Waals surface area (Å²) in [5, 5.41) is 56.8. The second-order valence-electron chi connectivity index (χ2n) is 6.14. The van der Waals surface area contributed by atoms with Crippen LogP contribution in [0.15, 0.2) is 24.3 Å². The lowest BCUT2D eigenvalue weighted by Crippen LogP contribution is -2.39. The Morgan fingerprint density at radius 1 is 0.759 bits per heavy atom. The normalized spacial score (nSPS) is 15.0. The molecule has 1 aliphatic rings. The Labute approximate surface area is 162 Å². The lowest BCUT2D eigenvalue weighted by Gasteiger charge is -2.27. The van der Waals surface area contributed by atoms with Gasteiger partial charge in [-0.25, -0.2) is 9.59 Å². The number of ether oxygens (including phenoxy) is 3. The van der Waals surface area contributed by atoms with Crippen LogP contribution in [0.4, 0.5) is 0 Å². The molecule has 0 unspecified atom stereocenters. The summed E-state index contributed by atoms with van der Waals surface area (Å²) in [7, 11) is 0. The quantitative estimate of drug-likeness (QED) is 0.244. The number of esters is 2. The van der Waals surface area contributed by atoms with E-state index in [1.54, 1.807) is 0 Å². The molecule has 154 valence electrons. The van der Waals surface area contributed by atoms with E-state index in [-0.39, 0.29) is 24.2 Å². The summed E-state index contributed by atoms with van der Waals surface area (Å²) in [4.78, 5) is 24.8. The lowest BCUT2D eigenvalue weighted by molar-refractivity contribution is -0.306. The number of carbonyl (C=O) groups is 2. The van der Waals surface area contributed by atoms with E-state index in [2.05, 4.69) is 0 Å². The van der Waals surface area contributed by atoms with E-state index in [9.17, 15) is 40.2 Å². The van der Waals surface area contributed by atoms with E-state index in [1.807, 2.05) is 0 Å². The van der Waals surface area contributed by atoms with E-state index < -0.39 is 52.4 Å². The van der Waals surface area contributed by atoms with Gasteiger partial charge in [0.15, 0.2) is 34.5 Å². The largest absolute Gasteiger partial charge is 0.504 e. The second kappa shape index (κ2) is 7.28. The molecule has 0 atom stereocenters. The molecule has 1 fully saturated rings. The molecule has 1 saturated heterocycles. The Balaban J connectivity index is 1.83. The molecular weight excluding hydrogens is 392 g/mol. The van der Waals surface area contributed by atoms with Crippen LogP contribution >= 0.6 is 0 Å². The van der Waals surface area contributed by atoms with Crippen LogP contribution < -0.4 is 0 Å². The Morgan fingerprint density at radius 3 is 1.45 bits per heavy atom. The van der Waals surface area contributed by atoms with E-state index >= 15 is 0 Å². The Kier molecular flexibility index (Phi) is 4.99. The van der Waals surface area contributed by atoms with E-state index in [4.69, 9.17) is 14.2 Å². The molecule has 3 rings (SSSR count). The van der Waals surface area contributed by atoms with Crippen molar-refractivity contribution in [2.24, 2.45) is 0 Å². The number of hydrogen-bond acceptors (Lipinski definition) is 11. The van der Waals surface area contributed by atoms with Crippen LogP contribution in [0, 0.1) is 0 Å². The van der Waals surface area contributed by atoms with Gasteiger partial charge >= 0.3 is 17.9 Å². The first-order chi connectivity index (χ1) is 13.6. The maximum atomic E-state index is 12.4. The molecule has 0 saturated carbocycles. The summed E-state index contributed by atoms with van der Waals surface area (Å²) in [5.74, 6) is -9.16. The Hall–Kier alpha value is -3.86. The van der Waals surface area contributed by atoms with Crippen LogP contribution in [0.3, 0.4) is 0 Å². The van der Waals surface area contributed by atoms with Crippen LogP contribution in [-0.4, -0.2) is 55.2 Å². The van der Waals surface area contributed by atoms with Gasteiger partial charge < -0.3 is 44.8 Å². The second-order valence-corrected chi connectivity index (χ2v) is 6.14. The molecule has 0 spiro atoms. The summed E-state index contributed by atoms with van der Waals surface area (Å²) < 4.78 is 15.5. The molecule has 0 radical (unpaired) electrons. The lowest BCUT2D eigenvalue weighted by atomic mass is 10.2. The number of hydrogen-bond donors (Lipinski definition) is 6. The van der Waals surface area contributed by atoms with Crippen molar-refractivity contribution in [1.29, 1.82) is 0 Å². The molecule has 0 aliphatic carbocycles. The minimum absolute atomic E-state index is 0.0451. The molecular formula is C18H16O11. The fourth-order valence-electron chi connectivity index (χ4n) is 2.61. The van der Waals surface area contributed by atoms with Gasteiger partial charge in [-0.1, -0.05) is 0 Å². The molecule has 1 heterocycles. The number of benzene rings is 2. The fraction of sp³-hybridized carbons (Fsp3) is 0.222. The SMILES string of the molecule is O=C(OC1(OC(=O)c2cc(O)c(O)c(O)c2)CCCO1)c1cc(O)c(O)c(O)c1. The average molecular weight is 408 g/mol. The molecule has 2 aromatic carbocycles. The van der Waals surface area contributed by atoms with Crippen molar-refractivity contribution in [3.63, 3.8) is 0 Å². The van der Waals surface area contributed by atoms with E-state index in [0.717, 1.165) is 24.3 Å². The van der Waals surface area contributed by atoms with E-state index in [0.29, 0.717) is 6.42 Å². The zero-order valence-electron chi connectivity index (χ0n) is 14.7.